The van der Waals surface area contributed by atoms with Gasteiger partial charge >= 0.3 is 6.29 Å². The third-order valence-corrected chi connectivity index (χ3v) is 5.37. The molecule has 0 saturated carbocycles. The lowest BCUT2D eigenvalue weighted by Gasteiger charge is -2.16. The zero-order valence-electron chi connectivity index (χ0n) is 15.2. The van der Waals surface area contributed by atoms with Gasteiger partial charge in [-0.15, -0.1) is 8.78 Å². The number of rotatable bonds is 3. The summed E-state index contributed by atoms with van der Waals surface area (Å²) in [4.78, 5) is 16.2. The zero-order chi connectivity index (χ0) is 20.3. The number of aryl methyl sites for hydroxylation is 1. The van der Waals surface area contributed by atoms with Gasteiger partial charge in [0, 0.05) is 11.1 Å². The smallest absolute Gasteiger partial charge is 0.395 e. The van der Waals surface area contributed by atoms with Crippen LogP contribution in [0.1, 0.15) is 40.2 Å². The van der Waals surface area contributed by atoms with Crippen molar-refractivity contribution in [3.63, 3.8) is 0 Å². The van der Waals surface area contributed by atoms with E-state index in [9.17, 15) is 18.0 Å². The maximum Gasteiger partial charge on any atom is 0.586 e. The highest BCUT2D eigenvalue weighted by Crippen LogP contribution is 2.49. The molecule has 0 radical (unpaired) electrons. The van der Waals surface area contributed by atoms with Gasteiger partial charge in [0.2, 0.25) is 5.95 Å². The number of primary amides is 1. The Morgan fingerprint density at radius 2 is 2.03 bits per heavy atom. The Kier molecular flexibility index (Phi) is 3.77. The van der Waals surface area contributed by atoms with Gasteiger partial charge in [-0.2, -0.15) is 4.39 Å². The molecule has 0 fully saturated rings. The molecule has 1 amide bonds. The number of nitrogens with two attached hydrogens (primary N) is 1. The molecule has 2 aliphatic rings. The van der Waals surface area contributed by atoms with E-state index in [4.69, 9.17) is 5.73 Å². The molecule has 3 aromatic rings. The average Bonchev–Trinajstić information content (AvgIpc) is 3.13. The van der Waals surface area contributed by atoms with Crippen molar-refractivity contribution in [3.05, 3.63) is 52.7 Å². The Labute approximate surface area is 163 Å². The molecule has 9 heteroatoms. The monoisotopic (exact) mass is 403 g/mol. The van der Waals surface area contributed by atoms with Crippen molar-refractivity contribution in [3.8, 4) is 11.5 Å². The maximum atomic E-state index is 13.7. The number of ether oxygens (including phenoxy) is 2. The van der Waals surface area contributed by atoms with Gasteiger partial charge in [-0.1, -0.05) is 6.07 Å². The molecule has 2 aromatic heterocycles. The minimum absolute atomic E-state index is 0.166. The number of hydrogen-bond acceptors (Lipinski definition) is 4. The number of amides is 1. The summed E-state index contributed by atoms with van der Waals surface area (Å²) in [6.45, 7) is 0.167. The van der Waals surface area contributed by atoms with E-state index in [2.05, 4.69) is 14.5 Å². The van der Waals surface area contributed by atoms with Gasteiger partial charge in [-0.3, -0.25) is 4.79 Å². The fourth-order valence-corrected chi connectivity index (χ4v) is 4.30. The van der Waals surface area contributed by atoms with Crippen LogP contribution in [0.2, 0.25) is 0 Å². The Balaban J connectivity index is 1.81. The second kappa shape index (κ2) is 6.13. The van der Waals surface area contributed by atoms with Crippen LogP contribution in [-0.2, 0) is 19.4 Å². The summed E-state index contributed by atoms with van der Waals surface area (Å²) in [5, 5.41) is 0.616. The molecule has 0 spiro atoms. The molecule has 1 aromatic carbocycles. The quantitative estimate of drug-likeness (QED) is 0.679. The molecule has 1 aliphatic heterocycles. The van der Waals surface area contributed by atoms with Crippen molar-refractivity contribution in [2.75, 3.05) is 0 Å². The Morgan fingerprint density at radius 1 is 1.24 bits per heavy atom. The minimum atomic E-state index is -3.87. The van der Waals surface area contributed by atoms with E-state index in [0.717, 1.165) is 36.9 Å². The van der Waals surface area contributed by atoms with Gasteiger partial charge in [0.25, 0.3) is 5.91 Å². The fraction of sp³-hybridized carbons (Fsp3) is 0.300. The van der Waals surface area contributed by atoms with Crippen molar-refractivity contribution < 1.29 is 27.4 Å². The number of nitrogens with zero attached hydrogens (tertiary/aromatic N) is 2. The van der Waals surface area contributed by atoms with Crippen LogP contribution in [0.5, 0.6) is 11.5 Å². The minimum Gasteiger partial charge on any atom is -0.395 e. The number of benzene rings is 1. The van der Waals surface area contributed by atoms with Crippen LogP contribution in [-0.4, -0.2) is 21.8 Å². The zero-order valence-corrected chi connectivity index (χ0v) is 15.2. The van der Waals surface area contributed by atoms with Crippen molar-refractivity contribution in [1.29, 1.82) is 0 Å². The maximum absolute atomic E-state index is 13.7. The molecular formula is C20H16F3N3O3. The molecule has 6 nitrogen and oxygen atoms in total. The lowest BCUT2D eigenvalue weighted by Crippen LogP contribution is -2.26. The summed E-state index contributed by atoms with van der Waals surface area (Å²) in [6, 6.07) is 5.91. The van der Waals surface area contributed by atoms with Gasteiger partial charge < -0.3 is 19.8 Å². The highest BCUT2D eigenvalue weighted by atomic mass is 19.3. The number of aromatic nitrogens is 2. The van der Waals surface area contributed by atoms with E-state index in [1.54, 1.807) is 12.1 Å². The number of carbonyl (C=O) groups excluding carboxylic acids is 1. The number of pyridine rings is 1. The molecule has 1 aliphatic carbocycles. The number of halogens is 3. The first-order chi connectivity index (χ1) is 13.8. The highest BCUT2D eigenvalue weighted by Gasteiger charge is 2.46. The third-order valence-electron chi connectivity index (χ3n) is 5.37. The molecule has 0 unspecified atom stereocenters. The molecule has 0 saturated heterocycles. The van der Waals surface area contributed by atoms with Crippen LogP contribution in [0.3, 0.4) is 0 Å². The van der Waals surface area contributed by atoms with Crippen LogP contribution in [0.25, 0.3) is 10.9 Å². The summed E-state index contributed by atoms with van der Waals surface area (Å²) in [6.07, 6.45) is -0.540. The summed E-state index contributed by atoms with van der Waals surface area (Å²) in [5.74, 6) is -2.12. The van der Waals surface area contributed by atoms with E-state index in [-0.39, 0.29) is 23.6 Å². The van der Waals surface area contributed by atoms with E-state index < -0.39 is 18.1 Å². The summed E-state index contributed by atoms with van der Waals surface area (Å²) >= 11 is 0. The molecule has 150 valence electrons. The average molecular weight is 403 g/mol. The van der Waals surface area contributed by atoms with Crippen molar-refractivity contribution >= 4 is 16.8 Å². The molecule has 3 heterocycles. The standard InChI is InChI=1S/C20H16F3N3O3/c21-15-7-3-4-10(25-15)9-26-13-6-2-1-5-11(13)12-8-14-18(29-20(22,23)28-14)16(17(12)26)19(24)27/h3-4,7-8H,1-2,5-6,9H2,(H2,24,27). The lowest BCUT2D eigenvalue weighted by molar-refractivity contribution is -0.286. The number of hydrogen-bond donors (Lipinski definition) is 1. The van der Waals surface area contributed by atoms with Gasteiger partial charge in [0.05, 0.1) is 17.8 Å². The van der Waals surface area contributed by atoms with Gasteiger partial charge in [-0.25, -0.2) is 4.98 Å². The van der Waals surface area contributed by atoms with Gasteiger partial charge in [-0.05, 0) is 49.4 Å². The van der Waals surface area contributed by atoms with Crippen LogP contribution < -0.4 is 15.2 Å². The molecule has 29 heavy (non-hydrogen) atoms. The lowest BCUT2D eigenvalue weighted by atomic mass is 9.95. The van der Waals surface area contributed by atoms with E-state index in [0.29, 0.717) is 16.6 Å². The number of alkyl halides is 2. The van der Waals surface area contributed by atoms with E-state index in [1.807, 2.05) is 4.57 Å². The van der Waals surface area contributed by atoms with E-state index >= 15 is 0 Å². The third kappa shape index (κ3) is 2.80. The summed E-state index contributed by atoms with van der Waals surface area (Å²) < 4.78 is 52.0. The predicted octanol–water partition coefficient (Wildman–Crippen LogP) is 3.52. The molecule has 0 bridgehead atoms. The fourth-order valence-electron chi connectivity index (χ4n) is 4.30. The molecule has 5 rings (SSSR count). The van der Waals surface area contributed by atoms with Crippen molar-refractivity contribution in [2.24, 2.45) is 5.73 Å². The first-order valence-corrected chi connectivity index (χ1v) is 9.22. The van der Waals surface area contributed by atoms with Crippen molar-refractivity contribution in [1.82, 2.24) is 9.55 Å². The molecule has 2 N–H and O–H groups in total. The Bertz CT molecular complexity index is 1170. The van der Waals surface area contributed by atoms with Crippen LogP contribution in [0, 0.1) is 5.95 Å². The van der Waals surface area contributed by atoms with Crippen LogP contribution in [0.15, 0.2) is 24.3 Å². The van der Waals surface area contributed by atoms with E-state index in [1.165, 1.54) is 12.1 Å². The normalized spacial score (nSPS) is 16.8. The summed E-state index contributed by atoms with van der Waals surface area (Å²) in [7, 11) is 0. The van der Waals surface area contributed by atoms with Crippen LogP contribution >= 0.6 is 0 Å². The predicted molar refractivity (Wildman–Crippen MR) is 96.6 cm³/mol. The Morgan fingerprint density at radius 3 is 2.79 bits per heavy atom. The second-order valence-corrected chi connectivity index (χ2v) is 7.18. The highest BCUT2D eigenvalue weighted by molar-refractivity contribution is 6.10. The van der Waals surface area contributed by atoms with Gasteiger partial charge in [0.15, 0.2) is 11.5 Å². The SMILES string of the molecule is NC(=O)c1c2c(cc3c4c(n(Cc5cccc(F)n5)c13)CCCC4)OC(F)(F)O2. The van der Waals surface area contributed by atoms with Crippen molar-refractivity contribution in [2.45, 2.75) is 38.5 Å². The first-order valence-electron chi connectivity index (χ1n) is 9.22. The Hall–Kier alpha value is -3.23. The number of fused-ring (bicyclic) bond motifs is 4. The second-order valence-electron chi connectivity index (χ2n) is 7.18. The first kappa shape index (κ1) is 17.8. The largest absolute Gasteiger partial charge is 0.586 e. The summed E-state index contributed by atoms with van der Waals surface area (Å²) in [5.41, 5.74) is 8.14. The molecule has 0 atom stereocenters. The van der Waals surface area contributed by atoms with Gasteiger partial charge in [0.1, 0.15) is 5.56 Å². The topological polar surface area (TPSA) is 79.4 Å². The number of carbonyl (C=O) groups is 1. The van der Waals surface area contributed by atoms with Crippen LogP contribution in [0.4, 0.5) is 13.2 Å². The molecular weight excluding hydrogens is 387 g/mol.